The van der Waals surface area contributed by atoms with Crippen molar-refractivity contribution in [1.29, 1.82) is 0 Å². The molecule has 3 N–H and O–H groups in total. The molecule has 0 aromatic carbocycles. The Bertz CT molecular complexity index is 415. The van der Waals surface area contributed by atoms with Gasteiger partial charge in [-0.3, -0.25) is 9.69 Å². The lowest BCUT2D eigenvalue weighted by atomic mass is 9.95. The summed E-state index contributed by atoms with van der Waals surface area (Å²) in [6.07, 6.45) is 7.01. The fourth-order valence-corrected chi connectivity index (χ4v) is 3.59. The summed E-state index contributed by atoms with van der Waals surface area (Å²) in [5.41, 5.74) is 0. The van der Waals surface area contributed by atoms with Crippen molar-refractivity contribution in [3.63, 3.8) is 0 Å². The van der Waals surface area contributed by atoms with Gasteiger partial charge in [0.2, 0.25) is 5.91 Å². The van der Waals surface area contributed by atoms with Crippen LogP contribution in [0, 0.1) is 0 Å². The highest BCUT2D eigenvalue weighted by molar-refractivity contribution is 14.0. The van der Waals surface area contributed by atoms with Crippen LogP contribution >= 0.6 is 24.0 Å². The van der Waals surface area contributed by atoms with Crippen molar-refractivity contribution >= 4 is 35.8 Å². The molecule has 0 atom stereocenters. The summed E-state index contributed by atoms with van der Waals surface area (Å²) >= 11 is 0. The summed E-state index contributed by atoms with van der Waals surface area (Å²) in [4.78, 5) is 19.0. The molecule has 0 aromatic heterocycles. The first-order chi connectivity index (χ1) is 12.4. The number of amides is 1. The minimum absolute atomic E-state index is 0. The number of nitrogens with zero attached hydrogens (tertiary/aromatic N) is 2. The highest BCUT2D eigenvalue weighted by atomic mass is 127. The van der Waals surface area contributed by atoms with E-state index in [1.54, 1.807) is 0 Å². The number of halogens is 1. The summed E-state index contributed by atoms with van der Waals surface area (Å²) in [7, 11) is 0. The van der Waals surface area contributed by atoms with Crippen LogP contribution in [-0.2, 0) is 4.79 Å². The van der Waals surface area contributed by atoms with E-state index in [1.807, 2.05) is 6.92 Å². The molecule has 1 fully saturated rings. The average molecular weight is 495 g/mol. The Labute approximate surface area is 183 Å². The molecule has 1 rings (SSSR count). The normalized spacial score (nSPS) is 15.8. The third-order valence-electron chi connectivity index (χ3n) is 4.91. The molecule has 27 heavy (non-hydrogen) atoms. The summed E-state index contributed by atoms with van der Waals surface area (Å²) < 4.78 is 0. The number of aliphatic imine (C=N–C) groups is 1. The van der Waals surface area contributed by atoms with Crippen LogP contribution in [0.2, 0.25) is 0 Å². The van der Waals surface area contributed by atoms with Crippen LogP contribution in [0.4, 0.5) is 0 Å². The molecule has 0 aromatic rings. The molecule has 7 heteroatoms. The smallest absolute Gasteiger partial charge is 0.242 e. The van der Waals surface area contributed by atoms with Gasteiger partial charge in [-0.05, 0) is 53.9 Å². The second-order valence-electron chi connectivity index (χ2n) is 7.80. The van der Waals surface area contributed by atoms with Crippen LogP contribution in [0.5, 0.6) is 0 Å². The first-order valence-electron chi connectivity index (χ1n) is 10.5. The highest BCUT2D eigenvalue weighted by Gasteiger charge is 2.15. The standard InChI is InChI=1S/C20H41N5O.HI/c1-6-21-20(22-13-10-14-25(16(2)3)17(4)5)23-15-19(26)24-18-11-8-7-9-12-18;/h16-18H,6-15H2,1-5H3,(H,24,26)(H2,21,22,23);1H. The Morgan fingerprint density at radius 1 is 1.07 bits per heavy atom. The molecule has 1 aliphatic rings. The zero-order valence-corrected chi connectivity index (χ0v) is 20.3. The van der Waals surface area contributed by atoms with Gasteiger partial charge in [-0.1, -0.05) is 19.3 Å². The molecule has 0 heterocycles. The van der Waals surface area contributed by atoms with Crippen LogP contribution in [-0.4, -0.2) is 61.1 Å². The van der Waals surface area contributed by atoms with Crippen LogP contribution in [0.15, 0.2) is 4.99 Å². The number of carbonyl (C=O) groups is 1. The summed E-state index contributed by atoms with van der Waals surface area (Å²) in [6.45, 7) is 13.9. The molecule has 160 valence electrons. The Morgan fingerprint density at radius 3 is 2.26 bits per heavy atom. The largest absolute Gasteiger partial charge is 0.357 e. The van der Waals surface area contributed by atoms with E-state index < -0.39 is 0 Å². The topological polar surface area (TPSA) is 68.8 Å². The second-order valence-corrected chi connectivity index (χ2v) is 7.80. The number of rotatable bonds is 10. The minimum Gasteiger partial charge on any atom is -0.357 e. The molecule has 0 radical (unpaired) electrons. The van der Waals surface area contributed by atoms with Gasteiger partial charge in [-0.25, -0.2) is 4.99 Å². The molecule has 0 spiro atoms. The Balaban J connectivity index is 0.00000676. The van der Waals surface area contributed by atoms with Crippen LogP contribution in [0.1, 0.15) is 73.1 Å². The Hall–Kier alpha value is -0.570. The van der Waals surface area contributed by atoms with Crippen molar-refractivity contribution in [1.82, 2.24) is 20.9 Å². The van der Waals surface area contributed by atoms with E-state index in [9.17, 15) is 4.79 Å². The average Bonchev–Trinajstić information content (AvgIpc) is 2.59. The van der Waals surface area contributed by atoms with Crippen molar-refractivity contribution < 1.29 is 4.79 Å². The maximum atomic E-state index is 12.1. The zero-order chi connectivity index (χ0) is 19.4. The Morgan fingerprint density at radius 2 is 1.70 bits per heavy atom. The van der Waals surface area contributed by atoms with Crippen LogP contribution < -0.4 is 16.0 Å². The molecular formula is C20H42IN5O. The maximum absolute atomic E-state index is 12.1. The zero-order valence-electron chi connectivity index (χ0n) is 18.0. The van der Waals surface area contributed by atoms with Gasteiger partial charge in [0.1, 0.15) is 6.54 Å². The SMILES string of the molecule is CCNC(=NCC(=O)NC1CCCCC1)NCCCN(C(C)C)C(C)C.I. The Kier molecular flexibility index (Phi) is 15.0. The van der Waals surface area contributed by atoms with E-state index in [1.165, 1.54) is 19.3 Å². The summed E-state index contributed by atoms with van der Waals surface area (Å²) in [6, 6.07) is 1.46. The lowest BCUT2D eigenvalue weighted by Crippen LogP contribution is -2.42. The van der Waals surface area contributed by atoms with Gasteiger partial charge in [0.15, 0.2) is 5.96 Å². The van der Waals surface area contributed by atoms with Crippen molar-refractivity contribution in [3.05, 3.63) is 0 Å². The predicted octanol–water partition coefficient (Wildman–Crippen LogP) is 3.12. The fourth-order valence-electron chi connectivity index (χ4n) is 3.59. The summed E-state index contributed by atoms with van der Waals surface area (Å²) in [5.74, 6) is 0.756. The van der Waals surface area contributed by atoms with Gasteiger partial charge in [0, 0.05) is 37.8 Å². The van der Waals surface area contributed by atoms with E-state index in [0.717, 1.165) is 44.9 Å². The molecule has 0 aliphatic heterocycles. The van der Waals surface area contributed by atoms with Gasteiger partial charge in [-0.2, -0.15) is 0 Å². The number of hydrogen-bond acceptors (Lipinski definition) is 3. The van der Waals surface area contributed by atoms with E-state index in [4.69, 9.17) is 0 Å². The van der Waals surface area contributed by atoms with Crippen molar-refractivity contribution in [3.8, 4) is 0 Å². The van der Waals surface area contributed by atoms with Crippen molar-refractivity contribution in [2.45, 2.75) is 91.3 Å². The van der Waals surface area contributed by atoms with Crippen LogP contribution in [0.3, 0.4) is 0 Å². The number of carbonyl (C=O) groups excluding carboxylic acids is 1. The van der Waals surface area contributed by atoms with Gasteiger partial charge >= 0.3 is 0 Å². The van der Waals surface area contributed by atoms with E-state index >= 15 is 0 Å². The van der Waals surface area contributed by atoms with Gasteiger partial charge < -0.3 is 16.0 Å². The van der Waals surface area contributed by atoms with Gasteiger partial charge in [0.05, 0.1) is 0 Å². The highest BCUT2D eigenvalue weighted by Crippen LogP contribution is 2.17. The van der Waals surface area contributed by atoms with Gasteiger partial charge in [-0.15, -0.1) is 24.0 Å². The van der Waals surface area contributed by atoms with Gasteiger partial charge in [0.25, 0.3) is 0 Å². The minimum atomic E-state index is 0. The third-order valence-corrected chi connectivity index (χ3v) is 4.91. The molecule has 0 unspecified atom stereocenters. The quantitative estimate of drug-likeness (QED) is 0.189. The maximum Gasteiger partial charge on any atom is 0.242 e. The molecular weight excluding hydrogens is 453 g/mol. The number of guanidine groups is 1. The predicted molar refractivity (Wildman–Crippen MR) is 126 cm³/mol. The molecule has 1 aliphatic carbocycles. The first kappa shape index (κ1) is 26.4. The lowest BCUT2D eigenvalue weighted by Gasteiger charge is -2.30. The fraction of sp³-hybridized carbons (Fsp3) is 0.900. The monoisotopic (exact) mass is 495 g/mol. The molecule has 0 saturated heterocycles. The summed E-state index contributed by atoms with van der Waals surface area (Å²) in [5, 5.41) is 9.68. The van der Waals surface area contributed by atoms with E-state index in [0.29, 0.717) is 18.1 Å². The third kappa shape index (κ3) is 11.8. The number of hydrogen-bond donors (Lipinski definition) is 3. The first-order valence-corrected chi connectivity index (χ1v) is 10.5. The lowest BCUT2D eigenvalue weighted by molar-refractivity contribution is -0.120. The molecule has 1 amide bonds. The van der Waals surface area contributed by atoms with E-state index in [-0.39, 0.29) is 36.4 Å². The van der Waals surface area contributed by atoms with E-state index in [2.05, 4.69) is 53.5 Å². The number of nitrogens with one attached hydrogen (secondary N) is 3. The molecule has 6 nitrogen and oxygen atoms in total. The van der Waals surface area contributed by atoms with Crippen LogP contribution in [0.25, 0.3) is 0 Å². The molecule has 0 bridgehead atoms. The van der Waals surface area contributed by atoms with Crippen molar-refractivity contribution in [2.75, 3.05) is 26.2 Å². The molecule has 1 saturated carbocycles. The second kappa shape index (κ2) is 15.4. The van der Waals surface area contributed by atoms with Crippen molar-refractivity contribution in [2.24, 2.45) is 4.99 Å².